The minimum absolute atomic E-state index is 0.0550. The number of carbonyl (C=O) groups is 2. The molecule has 0 radical (unpaired) electrons. The van der Waals surface area contributed by atoms with Crippen LogP contribution in [-0.2, 0) is 9.53 Å². The fraction of sp³-hybridized carbons (Fsp3) is 0.439. The molecule has 3 aromatic carbocycles. The fourth-order valence-corrected chi connectivity index (χ4v) is 6.73. The Bertz CT molecular complexity index is 1450. The zero-order valence-corrected chi connectivity index (χ0v) is 28.7. The van der Waals surface area contributed by atoms with Crippen LogP contribution in [0.25, 0.3) is 5.57 Å². The van der Waals surface area contributed by atoms with Gasteiger partial charge in [-0.3, -0.25) is 0 Å². The molecule has 0 heterocycles. The number of carboxylic acids is 1. The normalized spacial score (nSPS) is 19.4. The van der Waals surface area contributed by atoms with Crippen molar-refractivity contribution in [2.24, 2.45) is 29.6 Å². The van der Waals surface area contributed by atoms with Crippen LogP contribution in [0.3, 0.4) is 0 Å². The van der Waals surface area contributed by atoms with Crippen molar-refractivity contribution in [1.29, 1.82) is 5.26 Å². The summed E-state index contributed by atoms with van der Waals surface area (Å²) in [6.07, 6.45) is 7.78. The molecule has 5 unspecified atom stereocenters. The molecule has 6 heteroatoms. The Morgan fingerprint density at radius 2 is 1.60 bits per heavy atom. The van der Waals surface area contributed by atoms with Gasteiger partial charge in [0.05, 0.1) is 24.2 Å². The largest absolute Gasteiger partial charge is 0.478 e. The summed E-state index contributed by atoms with van der Waals surface area (Å²) in [7, 11) is 0. The van der Waals surface area contributed by atoms with E-state index in [4.69, 9.17) is 15.6 Å². The Morgan fingerprint density at radius 1 is 0.979 bits per heavy atom. The van der Waals surface area contributed by atoms with Gasteiger partial charge in [-0.2, -0.15) is 5.26 Å². The minimum Gasteiger partial charge on any atom is -0.478 e. The van der Waals surface area contributed by atoms with E-state index in [2.05, 4.69) is 40.7 Å². The standard InChI is InChI=1S/C26H40N2O2.C15H12O2/c1-6-8-10-19(7-2)16-30-26(29)22-12-9-11-21(25(22)28)24-20(17(3)4)14-13-18(5)23(24)15-27;16-15(17)11-14(12-7-3-1-4-8-12)13-9-5-2-6-10-13/h9,11-12,17-20,23-24H,6-8,10,13-14,16,28H2,1-5H3;1-11H,(H,16,17). The molecular weight excluding hydrogens is 584 g/mol. The van der Waals surface area contributed by atoms with E-state index >= 15 is 0 Å². The topological polar surface area (TPSA) is 113 Å². The predicted octanol–water partition coefficient (Wildman–Crippen LogP) is 9.77. The molecule has 5 atom stereocenters. The highest BCUT2D eigenvalue weighted by Gasteiger charge is 2.41. The van der Waals surface area contributed by atoms with Crippen LogP contribution in [0.2, 0.25) is 0 Å². The van der Waals surface area contributed by atoms with Gasteiger partial charge in [-0.15, -0.1) is 0 Å². The molecule has 1 aliphatic rings. The van der Waals surface area contributed by atoms with E-state index in [0.717, 1.165) is 60.8 Å². The van der Waals surface area contributed by atoms with E-state index in [0.29, 0.717) is 41.5 Å². The van der Waals surface area contributed by atoms with Crippen molar-refractivity contribution in [2.75, 3.05) is 12.3 Å². The van der Waals surface area contributed by atoms with Gasteiger partial charge in [0.2, 0.25) is 0 Å². The zero-order valence-electron chi connectivity index (χ0n) is 28.7. The summed E-state index contributed by atoms with van der Waals surface area (Å²) in [5.41, 5.74) is 11.0. The third kappa shape index (κ3) is 10.3. The summed E-state index contributed by atoms with van der Waals surface area (Å²) in [6, 6.07) is 27.2. The second kappa shape index (κ2) is 18.7. The van der Waals surface area contributed by atoms with Gasteiger partial charge >= 0.3 is 11.9 Å². The molecule has 0 spiro atoms. The quantitative estimate of drug-likeness (QED) is 0.116. The first-order chi connectivity index (χ1) is 22.6. The summed E-state index contributed by atoms with van der Waals surface area (Å²) in [5, 5.41) is 18.9. The molecule has 6 nitrogen and oxygen atoms in total. The average Bonchev–Trinajstić information content (AvgIpc) is 3.08. The van der Waals surface area contributed by atoms with Crippen molar-refractivity contribution in [3.05, 3.63) is 107 Å². The average molecular weight is 637 g/mol. The summed E-state index contributed by atoms with van der Waals surface area (Å²) in [4.78, 5) is 23.7. The van der Waals surface area contributed by atoms with Crippen LogP contribution in [-0.4, -0.2) is 23.7 Å². The first-order valence-electron chi connectivity index (χ1n) is 17.1. The highest BCUT2D eigenvalue weighted by Crippen LogP contribution is 2.49. The smallest absolute Gasteiger partial charge is 0.340 e. The van der Waals surface area contributed by atoms with Crippen LogP contribution in [0.5, 0.6) is 0 Å². The van der Waals surface area contributed by atoms with Gasteiger partial charge < -0.3 is 15.6 Å². The number of hydrogen-bond donors (Lipinski definition) is 2. The molecule has 1 aliphatic carbocycles. The molecule has 0 aliphatic heterocycles. The van der Waals surface area contributed by atoms with Crippen molar-refractivity contribution in [2.45, 2.75) is 79.1 Å². The molecule has 4 rings (SSSR count). The molecular formula is C41H52N2O4. The van der Waals surface area contributed by atoms with Crippen LogP contribution < -0.4 is 5.73 Å². The van der Waals surface area contributed by atoms with Crippen LogP contribution >= 0.6 is 0 Å². The maximum absolute atomic E-state index is 12.9. The van der Waals surface area contributed by atoms with E-state index < -0.39 is 5.97 Å². The number of nitriles is 1. The van der Waals surface area contributed by atoms with Gasteiger partial charge in [-0.25, -0.2) is 9.59 Å². The fourth-order valence-electron chi connectivity index (χ4n) is 6.73. The zero-order chi connectivity index (χ0) is 34.3. The lowest BCUT2D eigenvalue weighted by molar-refractivity contribution is -0.131. The third-order valence-electron chi connectivity index (χ3n) is 9.57. The first kappa shape index (κ1) is 37.1. The molecule has 0 amide bonds. The van der Waals surface area contributed by atoms with E-state index in [1.54, 1.807) is 6.07 Å². The SMILES string of the molecule is CCCCC(CC)COC(=O)c1cccc(C2C(C#N)C(C)CCC2C(C)C)c1N.O=C(O)C=C(c1ccccc1)c1ccccc1. The molecule has 47 heavy (non-hydrogen) atoms. The van der Waals surface area contributed by atoms with Crippen LogP contribution in [0.1, 0.15) is 106 Å². The number of hydrogen-bond acceptors (Lipinski definition) is 5. The Hall–Kier alpha value is -4.37. The Morgan fingerprint density at radius 3 is 2.11 bits per heavy atom. The number of nitrogen functional groups attached to an aromatic ring is 1. The van der Waals surface area contributed by atoms with E-state index in [1.165, 1.54) is 6.08 Å². The second-order valence-electron chi connectivity index (χ2n) is 13.1. The molecule has 3 aromatic rings. The number of benzene rings is 3. The highest BCUT2D eigenvalue weighted by atomic mass is 16.5. The number of aliphatic carboxylic acids is 1. The summed E-state index contributed by atoms with van der Waals surface area (Å²) < 4.78 is 5.67. The van der Waals surface area contributed by atoms with E-state index in [9.17, 15) is 14.9 Å². The molecule has 1 fully saturated rings. The third-order valence-corrected chi connectivity index (χ3v) is 9.57. The maximum Gasteiger partial charge on any atom is 0.340 e. The van der Waals surface area contributed by atoms with Gasteiger partial charge in [0.15, 0.2) is 0 Å². The number of nitrogens with zero attached hydrogens (tertiary/aromatic N) is 1. The number of anilines is 1. The lowest BCUT2D eigenvalue weighted by Crippen LogP contribution is -2.34. The van der Waals surface area contributed by atoms with Gasteiger partial charge in [0.25, 0.3) is 0 Å². The number of esters is 1. The number of carbonyl (C=O) groups excluding carboxylic acids is 1. The summed E-state index contributed by atoms with van der Waals surface area (Å²) >= 11 is 0. The van der Waals surface area contributed by atoms with Gasteiger partial charge in [0, 0.05) is 17.7 Å². The second-order valence-corrected chi connectivity index (χ2v) is 13.1. The van der Waals surface area contributed by atoms with Gasteiger partial charge in [-0.05, 0) is 71.3 Å². The monoisotopic (exact) mass is 636 g/mol. The predicted molar refractivity (Wildman–Crippen MR) is 191 cm³/mol. The van der Waals surface area contributed by atoms with Crippen LogP contribution in [0, 0.1) is 40.9 Å². The summed E-state index contributed by atoms with van der Waals surface area (Å²) in [6.45, 7) is 11.4. The number of rotatable bonds is 12. The van der Waals surface area contributed by atoms with Crippen molar-refractivity contribution < 1.29 is 19.4 Å². The van der Waals surface area contributed by atoms with E-state index in [1.807, 2.05) is 72.8 Å². The number of unbranched alkanes of at least 4 members (excludes halogenated alkanes) is 1. The summed E-state index contributed by atoms with van der Waals surface area (Å²) in [5.74, 6) is 0.253. The minimum atomic E-state index is -0.937. The lowest BCUT2D eigenvalue weighted by Gasteiger charge is -2.41. The van der Waals surface area contributed by atoms with Crippen LogP contribution in [0.15, 0.2) is 84.9 Å². The van der Waals surface area contributed by atoms with Crippen LogP contribution in [0.4, 0.5) is 5.69 Å². The Balaban J connectivity index is 0.000000297. The first-order valence-corrected chi connectivity index (χ1v) is 17.1. The van der Waals surface area contributed by atoms with Crippen molar-refractivity contribution in [3.63, 3.8) is 0 Å². The number of nitrogens with two attached hydrogens (primary N) is 1. The molecule has 250 valence electrons. The van der Waals surface area contributed by atoms with Crippen molar-refractivity contribution >= 4 is 23.2 Å². The molecule has 3 N–H and O–H groups in total. The van der Waals surface area contributed by atoms with Crippen molar-refractivity contribution in [3.8, 4) is 6.07 Å². The Kier molecular flexibility index (Phi) is 14.8. The van der Waals surface area contributed by atoms with Gasteiger partial charge in [-0.1, -0.05) is 127 Å². The Labute approximate surface area is 281 Å². The lowest BCUT2D eigenvalue weighted by atomic mass is 9.62. The molecule has 0 aromatic heterocycles. The molecule has 1 saturated carbocycles. The molecule has 0 bridgehead atoms. The van der Waals surface area contributed by atoms with Gasteiger partial charge in [0.1, 0.15) is 0 Å². The number of para-hydroxylation sites is 1. The number of ether oxygens (including phenoxy) is 1. The van der Waals surface area contributed by atoms with Crippen molar-refractivity contribution in [1.82, 2.24) is 0 Å². The molecule has 0 saturated heterocycles. The highest BCUT2D eigenvalue weighted by molar-refractivity contribution is 5.96. The maximum atomic E-state index is 12.9. The number of carboxylic acid groups (broad SMARTS) is 1. The van der Waals surface area contributed by atoms with E-state index in [-0.39, 0.29) is 17.8 Å².